The standard InChI is InChI=1S/C20H27ClN6O2/c1-5-26(6-2)12-11-22-19-23-17-16(18(28)25(4)20(29)24(17)3)27(19)13-14-9-7-8-10-15(14)21/h7-10H,5-6,11-13H2,1-4H3,(H,22,23). The van der Waals surface area contributed by atoms with E-state index in [1.165, 1.54) is 11.6 Å². The minimum atomic E-state index is -0.403. The second-order valence-corrected chi connectivity index (χ2v) is 7.35. The molecule has 0 atom stereocenters. The molecule has 29 heavy (non-hydrogen) atoms. The van der Waals surface area contributed by atoms with Crippen molar-refractivity contribution in [3.63, 3.8) is 0 Å². The molecule has 0 amide bonds. The normalized spacial score (nSPS) is 11.5. The molecular weight excluding hydrogens is 392 g/mol. The van der Waals surface area contributed by atoms with E-state index in [0.29, 0.717) is 35.2 Å². The number of nitrogens with one attached hydrogen (secondary N) is 1. The Morgan fingerprint density at radius 2 is 1.79 bits per heavy atom. The highest BCUT2D eigenvalue weighted by Crippen LogP contribution is 2.21. The maximum Gasteiger partial charge on any atom is 0.332 e. The smallest absolute Gasteiger partial charge is 0.332 e. The van der Waals surface area contributed by atoms with Gasteiger partial charge in [-0.05, 0) is 24.7 Å². The summed E-state index contributed by atoms with van der Waals surface area (Å²) < 4.78 is 4.31. The fourth-order valence-electron chi connectivity index (χ4n) is 3.40. The summed E-state index contributed by atoms with van der Waals surface area (Å²) in [4.78, 5) is 32.1. The predicted molar refractivity (Wildman–Crippen MR) is 117 cm³/mol. The highest BCUT2D eigenvalue weighted by Gasteiger charge is 2.20. The maximum absolute atomic E-state index is 12.9. The van der Waals surface area contributed by atoms with Crippen molar-refractivity contribution in [3.8, 4) is 0 Å². The van der Waals surface area contributed by atoms with E-state index in [9.17, 15) is 9.59 Å². The van der Waals surface area contributed by atoms with Crippen LogP contribution in [0.2, 0.25) is 5.02 Å². The second-order valence-electron chi connectivity index (χ2n) is 6.94. The summed E-state index contributed by atoms with van der Waals surface area (Å²) in [6.45, 7) is 8.05. The van der Waals surface area contributed by atoms with Crippen LogP contribution in [0.3, 0.4) is 0 Å². The monoisotopic (exact) mass is 418 g/mol. The molecule has 1 aromatic carbocycles. The van der Waals surface area contributed by atoms with Gasteiger partial charge >= 0.3 is 5.69 Å². The SMILES string of the molecule is CCN(CC)CCNc1nc2c(c(=O)n(C)c(=O)n2C)n1Cc1ccccc1Cl. The van der Waals surface area contributed by atoms with Gasteiger partial charge in [0.2, 0.25) is 5.95 Å². The van der Waals surface area contributed by atoms with Crippen molar-refractivity contribution in [1.29, 1.82) is 0 Å². The summed E-state index contributed by atoms with van der Waals surface area (Å²) in [5, 5.41) is 3.95. The van der Waals surface area contributed by atoms with Crippen LogP contribution < -0.4 is 16.6 Å². The summed E-state index contributed by atoms with van der Waals surface area (Å²) in [7, 11) is 3.10. The second kappa shape index (κ2) is 8.84. The van der Waals surface area contributed by atoms with Crippen LogP contribution in [-0.4, -0.2) is 49.8 Å². The van der Waals surface area contributed by atoms with Gasteiger partial charge in [-0.3, -0.25) is 18.5 Å². The number of hydrogen-bond donors (Lipinski definition) is 1. The first kappa shape index (κ1) is 21.1. The fourth-order valence-corrected chi connectivity index (χ4v) is 3.59. The Kier molecular flexibility index (Phi) is 6.44. The van der Waals surface area contributed by atoms with E-state index in [0.717, 1.165) is 29.8 Å². The Bertz CT molecular complexity index is 1130. The highest BCUT2D eigenvalue weighted by molar-refractivity contribution is 6.31. The zero-order valence-electron chi connectivity index (χ0n) is 17.3. The third kappa shape index (κ3) is 4.09. The van der Waals surface area contributed by atoms with E-state index in [1.54, 1.807) is 11.6 Å². The molecule has 0 aliphatic heterocycles. The lowest BCUT2D eigenvalue weighted by atomic mass is 10.2. The molecule has 2 aromatic heterocycles. The summed E-state index contributed by atoms with van der Waals surface area (Å²) >= 11 is 6.36. The first-order chi connectivity index (χ1) is 13.9. The zero-order chi connectivity index (χ0) is 21.1. The van der Waals surface area contributed by atoms with Crippen LogP contribution in [0.1, 0.15) is 19.4 Å². The van der Waals surface area contributed by atoms with E-state index < -0.39 is 5.69 Å². The third-order valence-electron chi connectivity index (χ3n) is 5.24. The van der Waals surface area contributed by atoms with Crippen LogP contribution in [0.4, 0.5) is 5.95 Å². The molecule has 0 saturated carbocycles. The van der Waals surface area contributed by atoms with Gasteiger partial charge in [0, 0.05) is 32.2 Å². The number of halogens is 1. The molecule has 9 heteroatoms. The molecular formula is C20H27ClN6O2. The van der Waals surface area contributed by atoms with E-state index in [1.807, 2.05) is 24.3 Å². The number of anilines is 1. The van der Waals surface area contributed by atoms with Crippen molar-refractivity contribution in [1.82, 2.24) is 23.6 Å². The topological polar surface area (TPSA) is 77.1 Å². The minimum Gasteiger partial charge on any atom is -0.354 e. The minimum absolute atomic E-state index is 0.357. The predicted octanol–water partition coefficient (Wildman–Crippen LogP) is 1.89. The Labute approximate surface area is 174 Å². The van der Waals surface area contributed by atoms with Crippen LogP contribution in [0.25, 0.3) is 11.2 Å². The molecule has 156 valence electrons. The Balaban J connectivity index is 2.10. The van der Waals surface area contributed by atoms with Gasteiger partial charge in [0.1, 0.15) is 0 Å². The summed E-state index contributed by atoms with van der Waals surface area (Å²) in [6, 6.07) is 7.50. The average molecular weight is 419 g/mol. The van der Waals surface area contributed by atoms with Crippen molar-refractivity contribution in [2.24, 2.45) is 14.1 Å². The maximum atomic E-state index is 12.9. The molecule has 0 unspecified atom stereocenters. The first-order valence-corrected chi connectivity index (χ1v) is 10.1. The number of imidazole rings is 1. The van der Waals surface area contributed by atoms with Crippen LogP contribution >= 0.6 is 11.6 Å². The molecule has 1 N–H and O–H groups in total. The Morgan fingerprint density at radius 1 is 1.10 bits per heavy atom. The number of aryl methyl sites for hydroxylation is 1. The molecule has 3 aromatic rings. The van der Waals surface area contributed by atoms with Crippen LogP contribution in [0, 0.1) is 0 Å². The Hall–Kier alpha value is -2.58. The van der Waals surface area contributed by atoms with Gasteiger partial charge in [-0.25, -0.2) is 4.79 Å². The lowest BCUT2D eigenvalue weighted by molar-refractivity contribution is 0.315. The van der Waals surface area contributed by atoms with Crippen molar-refractivity contribution in [2.75, 3.05) is 31.5 Å². The van der Waals surface area contributed by atoms with Gasteiger partial charge in [-0.1, -0.05) is 43.6 Å². The lowest BCUT2D eigenvalue weighted by Crippen LogP contribution is -2.37. The van der Waals surface area contributed by atoms with Gasteiger partial charge in [0.25, 0.3) is 5.56 Å². The quantitative estimate of drug-likeness (QED) is 0.604. The van der Waals surface area contributed by atoms with Crippen molar-refractivity contribution in [2.45, 2.75) is 20.4 Å². The van der Waals surface area contributed by atoms with Crippen LogP contribution in [-0.2, 0) is 20.6 Å². The van der Waals surface area contributed by atoms with E-state index >= 15 is 0 Å². The van der Waals surface area contributed by atoms with Crippen molar-refractivity contribution < 1.29 is 0 Å². The molecule has 0 fully saturated rings. The van der Waals surface area contributed by atoms with E-state index in [-0.39, 0.29) is 5.56 Å². The number of hydrogen-bond acceptors (Lipinski definition) is 5. The number of aromatic nitrogens is 4. The number of fused-ring (bicyclic) bond motifs is 1. The van der Waals surface area contributed by atoms with Gasteiger partial charge in [-0.15, -0.1) is 0 Å². The first-order valence-electron chi connectivity index (χ1n) is 9.74. The highest BCUT2D eigenvalue weighted by atomic mass is 35.5. The molecule has 0 radical (unpaired) electrons. The summed E-state index contributed by atoms with van der Waals surface area (Å²) in [5.41, 5.74) is 0.825. The van der Waals surface area contributed by atoms with Gasteiger partial charge in [0.15, 0.2) is 11.2 Å². The molecule has 2 heterocycles. The van der Waals surface area contributed by atoms with E-state index in [2.05, 4.69) is 29.0 Å². The largest absolute Gasteiger partial charge is 0.354 e. The van der Waals surface area contributed by atoms with Gasteiger partial charge < -0.3 is 10.2 Å². The lowest BCUT2D eigenvalue weighted by Gasteiger charge is -2.18. The van der Waals surface area contributed by atoms with Gasteiger partial charge in [-0.2, -0.15) is 4.98 Å². The van der Waals surface area contributed by atoms with Crippen molar-refractivity contribution >= 4 is 28.7 Å². The summed E-state index contributed by atoms with van der Waals surface area (Å²) in [5.74, 6) is 0.547. The number of rotatable bonds is 8. The van der Waals surface area contributed by atoms with Gasteiger partial charge in [0.05, 0.1) is 6.54 Å². The number of likely N-dealkylation sites (N-methyl/N-ethyl adjacent to an activating group) is 1. The molecule has 3 rings (SSSR count). The Morgan fingerprint density at radius 3 is 2.45 bits per heavy atom. The van der Waals surface area contributed by atoms with Crippen molar-refractivity contribution in [3.05, 3.63) is 55.7 Å². The molecule has 0 spiro atoms. The summed E-state index contributed by atoms with van der Waals surface area (Å²) in [6.07, 6.45) is 0. The fraction of sp³-hybridized carbons (Fsp3) is 0.450. The zero-order valence-corrected chi connectivity index (χ0v) is 18.0. The third-order valence-corrected chi connectivity index (χ3v) is 5.61. The molecule has 0 bridgehead atoms. The number of nitrogens with zero attached hydrogens (tertiary/aromatic N) is 5. The molecule has 0 saturated heterocycles. The number of benzene rings is 1. The average Bonchev–Trinajstić information content (AvgIpc) is 3.08. The molecule has 0 aliphatic carbocycles. The molecule has 8 nitrogen and oxygen atoms in total. The van der Waals surface area contributed by atoms with Crippen LogP contribution in [0.15, 0.2) is 33.9 Å². The molecule has 0 aliphatic rings. The van der Waals surface area contributed by atoms with E-state index in [4.69, 9.17) is 11.6 Å². The van der Waals surface area contributed by atoms with Crippen LogP contribution in [0.5, 0.6) is 0 Å².